The smallest absolute Gasteiger partial charge is 0.369 e. The van der Waals surface area contributed by atoms with E-state index in [1.165, 1.54) is 0 Å². The summed E-state index contributed by atoms with van der Waals surface area (Å²) >= 11 is 0. The molecule has 0 aromatic rings. The minimum Gasteiger partial charge on any atom is -0.369 e. The molecule has 0 heterocycles. The van der Waals surface area contributed by atoms with Crippen molar-refractivity contribution in [1.29, 1.82) is 0 Å². The van der Waals surface area contributed by atoms with Crippen molar-refractivity contribution in [2.75, 3.05) is 0 Å². The number of hydrogen-bond acceptors (Lipinski definition) is 1. The van der Waals surface area contributed by atoms with Gasteiger partial charge in [0.25, 0.3) is 0 Å². The lowest BCUT2D eigenvalue weighted by molar-refractivity contribution is -0.218. The van der Waals surface area contributed by atoms with Gasteiger partial charge in [0.1, 0.15) is 5.41 Å². The second kappa shape index (κ2) is 2.64. The Kier molecular flexibility index (Phi) is 2.06. The van der Waals surface area contributed by atoms with Crippen LogP contribution in [0.25, 0.3) is 0 Å². The number of nitrogens with two attached hydrogens (primary N) is 1. The lowest BCUT2D eigenvalue weighted by atomic mass is 9.85. The molecule has 0 atom stereocenters. The van der Waals surface area contributed by atoms with E-state index in [0.717, 1.165) is 0 Å². The van der Waals surface area contributed by atoms with E-state index in [0.29, 0.717) is 12.8 Å². The third-order valence-electron chi connectivity index (χ3n) is 2.47. The average Bonchev–Trinajstić information content (AvgIpc) is 2.31. The highest BCUT2D eigenvalue weighted by Gasteiger charge is 2.60. The molecule has 1 aliphatic rings. The molecule has 0 radical (unpaired) electrons. The SMILES string of the molecule is NC(=O)C1(C(F)(F)F)CCCC1. The fourth-order valence-electron chi connectivity index (χ4n) is 1.65. The quantitative estimate of drug-likeness (QED) is 0.655. The Balaban J connectivity index is 2.94. The first kappa shape index (κ1) is 9.35. The van der Waals surface area contributed by atoms with Gasteiger partial charge in [0.2, 0.25) is 5.91 Å². The number of carbonyl (C=O) groups excluding carboxylic acids is 1. The van der Waals surface area contributed by atoms with Crippen LogP contribution in [0.3, 0.4) is 0 Å². The summed E-state index contributed by atoms with van der Waals surface area (Å²) in [5, 5.41) is 0. The Labute approximate surface area is 67.9 Å². The molecule has 5 heteroatoms. The predicted octanol–water partition coefficient (Wildman–Crippen LogP) is 1.59. The normalized spacial score (nSPS) is 22.6. The monoisotopic (exact) mass is 181 g/mol. The molecular formula is C7H10F3NO. The third-order valence-corrected chi connectivity index (χ3v) is 2.47. The van der Waals surface area contributed by atoms with Crippen LogP contribution in [0.4, 0.5) is 13.2 Å². The maximum atomic E-state index is 12.4. The lowest BCUT2D eigenvalue weighted by Gasteiger charge is -2.27. The molecule has 70 valence electrons. The van der Waals surface area contributed by atoms with Crippen LogP contribution in [-0.2, 0) is 4.79 Å². The summed E-state index contributed by atoms with van der Waals surface area (Å²) in [6.45, 7) is 0. The van der Waals surface area contributed by atoms with E-state index in [-0.39, 0.29) is 12.8 Å². The number of primary amides is 1. The Hall–Kier alpha value is -0.740. The van der Waals surface area contributed by atoms with Gasteiger partial charge in [-0.25, -0.2) is 0 Å². The molecule has 1 rings (SSSR count). The third kappa shape index (κ3) is 1.17. The summed E-state index contributed by atoms with van der Waals surface area (Å²) < 4.78 is 37.1. The van der Waals surface area contributed by atoms with Gasteiger partial charge >= 0.3 is 6.18 Å². The molecule has 12 heavy (non-hydrogen) atoms. The Bertz CT molecular complexity index is 193. The summed E-state index contributed by atoms with van der Waals surface area (Å²) in [4.78, 5) is 10.7. The van der Waals surface area contributed by atoms with Gasteiger partial charge in [-0.3, -0.25) is 4.79 Å². The van der Waals surface area contributed by atoms with Crippen molar-refractivity contribution in [1.82, 2.24) is 0 Å². The molecule has 0 bridgehead atoms. The van der Waals surface area contributed by atoms with E-state index in [1.54, 1.807) is 0 Å². The van der Waals surface area contributed by atoms with Crippen molar-refractivity contribution in [2.45, 2.75) is 31.9 Å². The van der Waals surface area contributed by atoms with E-state index in [1.807, 2.05) is 0 Å². The second-order valence-corrected chi connectivity index (χ2v) is 3.15. The van der Waals surface area contributed by atoms with E-state index in [9.17, 15) is 18.0 Å². The molecule has 1 saturated carbocycles. The highest BCUT2D eigenvalue weighted by atomic mass is 19.4. The zero-order valence-electron chi connectivity index (χ0n) is 6.45. The van der Waals surface area contributed by atoms with Gasteiger partial charge < -0.3 is 5.73 Å². The topological polar surface area (TPSA) is 43.1 Å². The second-order valence-electron chi connectivity index (χ2n) is 3.15. The van der Waals surface area contributed by atoms with Gasteiger partial charge in [-0.2, -0.15) is 13.2 Å². The molecule has 0 aliphatic heterocycles. The number of hydrogen-bond donors (Lipinski definition) is 1. The zero-order chi connectivity index (χ0) is 9.41. The van der Waals surface area contributed by atoms with Crippen LogP contribution in [-0.4, -0.2) is 12.1 Å². The molecule has 2 N–H and O–H groups in total. The summed E-state index contributed by atoms with van der Waals surface area (Å²) in [6, 6.07) is 0. The van der Waals surface area contributed by atoms with Gasteiger partial charge in [0.05, 0.1) is 0 Å². The molecule has 0 spiro atoms. The van der Waals surface area contributed by atoms with Gasteiger partial charge in [-0.15, -0.1) is 0 Å². The summed E-state index contributed by atoms with van der Waals surface area (Å²) in [5.74, 6) is -1.23. The van der Waals surface area contributed by atoms with Crippen LogP contribution in [0.1, 0.15) is 25.7 Å². The summed E-state index contributed by atoms with van der Waals surface area (Å²) in [6.07, 6.45) is -3.90. The van der Waals surface area contributed by atoms with E-state index in [4.69, 9.17) is 5.73 Å². The molecular weight excluding hydrogens is 171 g/mol. The van der Waals surface area contributed by atoms with Crippen LogP contribution < -0.4 is 5.73 Å². The number of alkyl halides is 3. The zero-order valence-corrected chi connectivity index (χ0v) is 6.45. The van der Waals surface area contributed by atoms with Crippen molar-refractivity contribution < 1.29 is 18.0 Å². The van der Waals surface area contributed by atoms with Crippen LogP contribution in [0.2, 0.25) is 0 Å². The van der Waals surface area contributed by atoms with Crippen LogP contribution in [0.15, 0.2) is 0 Å². The highest BCUT2D eigenvalue weighted by Crippen LogP contribution is 2.50. The van der Waals surface area contributed by atoms with Gasteiger partial charge in [-0.1, -0.05) is 12.8 Å². The fraction of sp³-hybridized carbons (Fsp3) is 0.857. The first-order valence-corrected chi connectivity index (χ1v) is 3.77. The number of carbonyl (C=O) groups is 1. The predicted molar refractivity (Wildman–Crippen MR) is 36.2 cm³/mol. The first-order chi connectivity index (χ1) is 5.40. The molecule has 1 fully saturated rings. The minimum absolute atomic E-state index is 0.147. The Morgan fingerprint density at radius 3 is 1.83 bits per heavy atom. The minimum atomic E-state index is -4.48. The van der Waals surface area contributed by atoms with E-state index in [2.05, 4.69) is 0 Å². The Morgan fingerprint density at radius 1 is 1.25 bits per heavy atom. The Morgan fingerprint density at radius 2 is 1.67 bits per heavy atom. The maximum absolute atomic E-state index is 12.4. The number of amides is 1. The van der Waals surface area contributed by atoms with Gasteiger partial charge in [0, 0.05) is 0 Å². The molecule has 1 amide bonds. The van der Waals surface area contributed by atoms with Gasteiger partial charge in [-0.05, 0) is 12.8 Å². The van der Waals surface area contributed by atoms with E-state index < -0.39 is 17.5 Å². The summed E-state index contributed by atoms with van der Waals surface area (Å²) in [7, 11) is 0. The van der Waals surface area contributed by atoms with Crippen molar-refractivity contribution in [3.05, 3.63) is 0 Å². The first-order valence-electron chi connectivity index (χ1n) is 3.77. The van der Waals surface area contributed by atoms with Crippen LogP contribution >= 0.6 is 0 Å². The maximum Gasteiger partial charge on any atom is 0.403 e. The molecule has 0 unspecified atom stereocenters. The lowest BCUT2D eigenvalue weighted by Crippen LogP contribution is -2.46. The van der Waals surface area contributed by atoms with E-state index >= 15 is 0 Å². The molecule has 2 nitrogen and oxygen atoms in total. The number of rotatable bonds is 1. The van der Waals surface area contributed by atoms with Crippen molar-refractivity contribution in [2.24, 2.45) is 11.1 Å². The molecule has 0 saturated heterocycles. The fourth-order valence-corrected chi connectivity index (χ4v) is 1.65. The van der Waals surface area contributed by atoms with Crippen LogP contribution in [0.5, 0.6) is 0 Å². The van der Waals surface area contributed by atoms with Crippen LogP contribution in [0, 0.1) is 5.41 Å². The van der Waals surface area contributed by atoms with Gasteiger partial charge in [0.15, 0.2) is 0 Å². The standard InChI is InChI=1S/C7H10F3NO/c8-7(9,10)6(5(11)12)3-1-2-4-6/h1-4H2,(H2,11,12). The molecule has 0 aromatic carbocycles. The molecule has 0 aromatic heterocycles. The highest BCUT2D eigenvalue weighted by molar-refractivity contribution is 5.82. The number of halogens is 3. The van der Waals surface area contributed by atoms with Crippen molar-refractivity contribution in [3.63, 3.8) is 0 Å². The largest absolute Gasteiger partial charge is 0.403 e. The van der Waals surface area contributed by atoms with Crippen molar-refractivity contribution in [3.8, 4) is 0 Å². The van der Waals surface area contributed by atoms with Crippen molar-refractivity contribution >= 4 is 5.91 Å². The molecule has 1 aliphatic carbocycles. The average molecular weight is 181 g/mol. The summed E-state index contributed by atoms with van der Waals surface area (Å²) in [5.41, 5.74) is 2.53.